The summed E-state index contributed by atoms with van der Waals surface area (Å²) < 4.78 is 6.65. The van der Waals surface area contributed by atoms with E-state index in [0.29, 0.717) is 16.6 Å². The average molecular weight is 284 g/mol. The Balaban J connectivity index is 2.11. The zero-order chi connectivity index (χ0) is 14.8. The summed E-state index contributed by atoms with van der Waals surface area (Å²) in [5.74, 6) is 4.66. The number of rotatable bonds is 3. The zero-order valence-electron chi connectivity index (χ0n) is 10.9. The maximum absolute atomic E-state index is 12.1. The Morgan fingerprint density at radius 1 is 1.33 bits per heavy atom. The summed E-state index contributed by atoms with van der Waals surface area (Å²) in [6.45, 7) is 0.196. The van der Waals surface area contributed by atoms with Gasteiger partial charge in [0.05, 0.1) is 30.0 Å². The summed E-state index contributed by atoms with van der Waals surface area (Å²) in [6.07, 6.45) is 2.64. The molecule has 3 aromatic rings. The van der Waals surface area contributed by atoms with E-state index < -0.39 is 5.91 Å². The molecule has 0 spiro atoms. The van der Waals surface area contributed by atoms with Crippen molar-refractivity contribution in [2.24, 2.45) is 5.84 Å². The van der Waals surface area contributed by atoms with Crippen molar-refractivity contribution in [3.63, 3.8) is 0 Å². The molecule has 7 heteroatoms. The van der Waals surface area contributed by atoms with Crippen LogP contribution in [0.4, 0.5) is 0 Å². The van der Waals surface area contributed by atoms with E-state index in [4.69, 9.17) is 10.3 Å². The van der Waals surface area contributed by atoms with Crippen LogP contribution in [0.25, 0.3) is 11.0 Å². The van der Waals surface area contributed by atoms with E-state index in [1.165, 1.54) is 17.0 Å². The number of furan rings is 1. The van der Waals surface area contributed by atoms with Crippen molar-refractivity contribution in [3.05, 3.63) is 64.5 Å². The number of carbonyl (C=O) groups excluding carboxylic acids is 1. The van der Waals surface area contributed by atoms with E-state index in [9.17, 15) is 9.59 Å². The molecule has 106 valence electrons. The number of hydrazine groups is 1. The number of aromatic nitrogens is 2. The number of carbonyl (C=O) groups is 1. The minimum Gasteiger partial charge on any atom is -0.459 e. The van der Waals surface area contributed by atoms with Crippen molar-refractivity contribution in [1.82, 2.24) is 15.0 Å². The Morgan fingerprint density at radius 2 is 2.14 bits per heavy atom. The molecule has 3 N–H and O–H groups in total. The number of nitrogen functional groups attached to an aromatic ring is 1. The third kappa shape index (κ3) is 2.30. The number of fused-ring (bicyclic) bond motifs is 1. The molecule has 0 aliphatic rings. The lowest BCUT2D eigenvalue weighted by molar-refractivity contribution is 0.0924. The standard InChI is InChI=1S/C14H12N4O3/c15-17-14(20)13-9(5-6-21-13)8-18-11-4-2-1-3-10(11)16-7-12(18)19/h1-7H,8,15H2,(H,17,20). The number of nitrogens with one attached hydrogen (secondary N) is 1. The van der Waals surface area contributed by atoms with Gasteiger partial charge in [-0.05, 0) is 18.2 Å². The zero-order valence-corrected chi connectivity index (χ0v) is 10.9. The van der Waals surface area contributed by atoms with Gasteiger partial charge in [-0.25, -0.2) is 10.8 Å². The summed E-state index contributed by atoms with van der Waals surface area (Å²) in [5, 5.41) is 0. The molecule has 2 heterocycles. The maximum Gasteiger partial charge on any atom is 0.301 e. The number of para-hydroxylation sites is 2. The second-order valence-corrected chi connectivity index (χ2v) is 4.42. The maximum atomic E-state index is 12.1. The van der Waals surface area contributed by atoms with E-state index in [-0.39, 0.29) is 17.9 Å². The van der Waals surface area contributed by atoms with Crippen molar-refractivity contribution >= 4 is 16.9 Å². The van der Waals surface area contributed by atoms with E-state index in [1.807, 2.05) is 23.6 Å². The van der Waals surface area contributed by atoms with E-state index in [1.54, 1.807) is 12.1 Å². The second kappa shape index (κ2) is 5.22. The van der Waals surface area contributed by atoms with Gasteiger partial charge in [-0.1, -0.05) is 12.1 Å². The molecule has 1 amide bonds. The van der Waals surface area contributed by atoms with Crippen LogP contribution < -0.4 is 16.8 Å². The smallest absolute Gasteiger partial charge is 0.301 e. The first kappa shape index (κ1) is 13.1. The highest BCUT2D eigenvalue weighted by molar-refractivity contribution is 5.92. The Hall–Kier alpha value is -2.93. The molecule has 0 radical (unpaired) electrons. The summed E-state index contributed by atoms with van der Waals surface area (Å²) in [4.78, 5) is 27.7. The van der Waals surface area contributed by atoms with Crippen molar-refractivity contribution in [2.45, 2.75) is 6.54 Å². The highest BCUT2D eigenvalue weighted by atomic mass is 16.3. The van der Waals surface area contributed by atoms with Crippen LogP contribution in [-0.4, -0.2) is 15.5 Å². The molecular formula is C14H12N4O3. The number of hydrogen-bond acceptors (Lipinski definition) is 5. The van der Waals surface area contributed by atoms with Gasteiger partial charge in [0.1, 0.15) is 0 Å². The molecule has 1 aromatic carbocycles. The Kier molecular flexibility index (Phi) is 3.25. The number of amides is 1. The summed E-state index contributed by atoms with van der Waals surface area (Å²) in [7, 11) is 0. The monoisotopic (exact) mass is 284 g/mol. The fourth-order valence-corrected chi connectivity index (χ4v) is 2.17. The lowest BCUT2D eigenvalue weighted by Crippen LogP contribution is -2.31. The first-order valence-corrected chi connectivity index (χ1v) is 6.22. The Bertz CT molecular complexity index is 866. The molecule has 0 saturated heterocycles. The van der Waals surface area contributed by atoms with Gasteiger partial charge in [-0.2, -0.15) is 0 Å². The van der Waals surface area contributed by atoms with Crippen LogP contribution in [0.2, 0.25) is 0 Å². The number of benzene rings is 1. The van der Waals surface area contributed by atoms with Crippen LogP contribution in [0.5, 0.6) is 0 Å². The van der Waals surface area contributed by atoms with Crippen LogP contribution in [0, 0.1) is 0 Å². The highest BCUT2D eigenvalue weighted by Crippen LogP contribution is 2.15. The fourth-order valence-electron chi connectivity index (χ4n) is 2.17. The molecule has 0 fully saturated rings. The van der Waals surface area contributed by atoms with Crippen LogP contribution in [-0.2, 0) is 6.54 Å². The highest BCUT2D eigenvalue weighted by Gasteiger charge is 2.15. The van der Waals surface area contributed by atoms with Crippen LogP contribution >= 0.6 is 0 Å². The molecule has 2 aromatic heterocycles. The first-order valence-electron chi connectivity index (χ1n) is 6.22. The Labute approximate surface area is 119 Å². The van der Waals surface area contributed by atoms with Gasteiger partial charge in [-0.15, -0.1) is 0 Å². The molecular weight excluding hydrogens is 272 g/mol. The molecule has 0 saturated carbocycles. The Morgan fingerprint density at radius 3 is 2.95 bits per heavy atom. The molecule has 0 atom stereocenters. The van der Waals surface area contributed by atoms with Gasteiger partial charge < -0.3 is 8.98 Å². The molecule has 3 rings (SSSR count). The topological polar surface area (TPSA) is 103 Å². The number of nitrogens with two attached hydrogens (primary N) is 1. The van der Waals surface area contributed by atoms with E-state index >= 15 is 0 Å². The van der Waals surface area contributed by atoms with Crippen LogP contribution in [0.1, 0.15) is 16.1 Å². The van der Waals surface area contributed by atoms with Crippen molar-refractivity contribution in [2.75, 3.05) is 0 Å². The minimum atomic E-state index is -0.540. The quantitative estimate of drug-likeness (QED) is 0.417. The van der Waals surface area contributed by atoms with Gasteiger partial charge in [-0.3, -0.25) is 15.0 Å². The fraction of sp³-hybridized carbons (Fsp3) is 0.0714. The van der Waals surface area contributed by atoms with Crippen LogP contribution in [0.3, 0.4) is 0 Å². The summed E-state index contributed by atoms with van der Waals surface area (Å²) in [5.41, 5.74) is 3.71. The summed E-state index contributed by atoms with van der Waals surface area (Å²) in [6, 6.07) is 8.91. The van der Waals surface area contributed by atoms with Crippen molar-refractivity contribution < 1.29 is 9.21 Å². The predicted molar refractivity (Wildman–Crippen MR) is 75.5 cm³/mol. The molecule has 21 heavy (non-hydrogen) atoms. The summed E-state index contributed by atoms with van der Waals surface area (Å²) >= 11 is 0. The number of hydrogen-bond donors (Lipinski definition) is 2. The first-order chi connectivity index (χ1) is 10.2. The van der Waals surface area contributed by atoms with Gasteiger partial charge in [0, 0.05) is 5.56 Å². The van der Waals surface area contributed by atoms with Gasteiger partial charge in [0.2, 0.25) is 0 Å². The molecule has 0 aliphatic heterocycles. The second-order valence-electron chi connectivity index (χ2n) is 4.42. The lowest BCUT2D eigenvalue weighted by Gasteiger charge is -2.09. The lowest BCUT2D eigenvalue weighted by atomic mass is 10.2. The molecule has 0 bridgehead atoms. The average Bonchev–Trinajstić information content (AvgIpc) is 2.97. The largest absolute Gasteiger partial charge is 0.459 e. The third-order valence-electron chi connectivity index (χ3n) is 3.17. The normalized spacial score (nSPS) is 10.7. The molecule has 7 nitrogen and oxygen atoms in total. The number of nitrogens with zero attached hydrogens (tertiary/aromatic N) is 2. The molecule has 0 aliphatic carbocycles. The third-order valence-corrected chi connectivity index (χ3v) is 3.17. The van der Waals surface area contributed by atoms with E-state index in [0.717, 1.165) is 0 Å². The predicted octanol–water partition coefficient (Wildman–Crippen LogP) is 0.641. The van der Waals surface area contributed by atoms with Gasteiger partial charge in [0.15, 0.2) is 5.76 Å². The van der Waals surface area contributed by atoms with Crippen LogP contribution in [0.15, 0.2) is 52.0 Å². The van der Waals surface area contributed by atoms with Crippen molar-refractivity contribution in [3.8, 4) is 0 Å². The van der Waals surface area contributed by atoms with E-state index in [2.05, 4.69) is 4.98 Å². The SMILES string of the molecule is NNC(=O)c1occc1Cn1c(=O)cnc2ccccc21. The van der Waals surface area contributed by atoms with Crippen molar-refractivity contribution in [1.29, 1.82) is 0 Å². The molecule has 0 unspecified atom stereocenters. The van der Waals surface area contributed by atoms with Gasteiger partial charge >= 0.3 is 5.91 Å². The van der Waals surface area contributed by atoms with Gasteiger partial charge in [0.25, 0.3) is 5.56 Å². The minimum absolute atomic E-state index is 0.0882.